The molecule has 0 aliphatic rings. The number of benzene rings is 2. The number of anilines is 1. The third kappa shape index (κ3) is 5.73. The Kier molecular flexibility index (Phi) is 6.57. The van der Waals surface area contributed by atoms with Gasteiger partial charge in [0.15, 0.2) is 0 Å². The van der Waals surface area contributed by atoms with E-state index in [-0.39, 0.29) is 12.2 Å². The Morgan fingerprint density at radius 2 is 1.92 bits per heavy atom. The summed E-state index contributed by atoms with van der Waals surface area (Å²) in [4.78, 5) is 12.2. The molecule has 26 heavy (non-hydrogen) atoms. The lowest BCUT2D eigenvalue weighted by Crippen LogP contribution is -2.40. The van der Waals surface area contributed by atoms with E-state index in [4.69, 9.17) is 4.74 Å². The van der Waals surface area contributed by atoms with Crippen molar-refractivity contribution in [1.29, 1.82) is 0 Å². The minimum absolute atomic E-state index is 0.0981. The first kappa shape index (κ1) is 19.7. The van der Waals surface area contributed by atoms with E-state index in [1.54, 1.807) is 6.07 Å². The predicted octanol–water partition coefficient (Wildman–Crippen LogP) is 2.31. The Balaban J connectivity index is 2.05. The third-order valence-electron chi connectivity index (χ3n) is 3.48. The first-order valence-electron chi connectivity index (χ1n) is 8.01. The molecule has 2 rings (SSSR count). The maximum absolute atomic E-state index is 13.4. The van der Waals surface area contributed by atoms with E-state index < -0.39 is 28.3 Å². The lowest BCUT2D eigenvalue weighted by atomic mass is 10.2. The van der Waals surface area contributed by atoms with Gasteiger partial charge in [0.05, 0.1) is 18.6 Å². The van der Waals surface area contributed by atoms with Gasteiger partial charge in [-0.25, -0.2) is 12.8 Å². The molecule has 1 N–H and O–H groups in total. The van der Waals surface area contributed by atoms with Gasteiger partial charge >= 0.3 is 0 Å². The summed E-state index contributed by atoms with van der Waals surface area (Å²) in [5.74, 6) is -0.387. The van der Waals surface area contributed by atoms with Crippen molar-refractivity contribution in [1.82, 2.24) is 5.32 Å². The highest BCUT2D eigenvalue weighted by atomic mass is 32.2. The molecule has 0 radical (unpaired) electrons. The van der Waals surface area contributed by atoms with Crippen LogP contribution in [0.25, 0.3) is 0 Å². The average molecular weight is 380 g/mol. The molecule has 0 fully saturated rings. The van der Waals surface area contributed by atoms with Gasteiger partial charge < -0.3 is 10.1 Å². The molecule has 6 nitrogen and oxygen atoms in total. The normalized spacial score (nSPS) is 11.0. The first-order valence-corrected chi connectivity index (χ1v) is 9.86. The van der Waals surface area contributed by atoms with Gasteiger partial charge in [0.25, 0.3) is 0 Å². The summed E-state index contributed by atoms with van der Waals surface area (Å²) in [6.07, 6.45) is 0.969. The number of carbonyl (C=O) groups is 1. The molecule has 0 aromatic heterocycles. The highest BCUT2D eigenvalue weighted by molar-refractivity contribution is 7.92. The summed E-state index contributed by atoms with van der Waals surface area (Å²) >= 11 is 0. The van der Waals surface area contributed by atoms with Crippen LogP contribution in [0.1, 0.15) is 12.5 Å². The Morgan fingerprint density at radius 3 is 2.58 bits per heavy atom. The molecule has 0 bridgehead atoms. The number of amides is 1. The summed E-state index contributed by atoms with van der Waals surface area (Å²) in [7, 11) is -3.74. The minimum Gasteiger partial charge on any atom is -0.494 e. The fraction of sp³-hybridized carbons (Fsp3) is 0.278. The van der Waals surface area contributed by atoms with Crippen molar-refractivity contribution in [2.75, 3.05) is 23.7 Å². The zero-order chi connectivity index (χ0) is 19.2. The lowest BCUT2D eigenvalue weighted by molar-refractivity contribution is -0.119. The fourth-order valence-corrected chi connectivity index (χ4v) is 3.18. The van der Waals surface area contributed by atoms with Gasteiger partial charge in [-0.3, -0.25) is 9.10 Å². The molecule has 8 heteroatoms. The molecule has 0 saturated heterocycles. The van der Waals surface area contributed by atoms with Crippen molar-refractivity contribution < 1.29 is 22.3 Å². The molecule has 0 atom stereocenters. The number of nitrogens with one attached hydrogen (secondary N) is 1. The van der Waals surface area contributed by atoms with Gasteiger partial charge in [-0.1, -0.05) is 18.2 Å². The zero-order valence-electron chi connectivity index (χ0n) is 14.6. The Hall–Kier alpha value is -2.61. The van der Waals surface area contributed by atoms with Crippen molar-refractivity contribution in [3.05, 3.63) is 59.9 Å². The summed E-state index contributed by atoms with van der Waals surface area (Å²) in [5.41, 5.74) is 0.918. The third-order valence-corrected chi connectivity index (χ3v) is 4.62. The van der Waals surface area contributed by atoms with Crippen molar-refractivity contribution in [3.63, 3.8) is 0 Å². The number of hydrogen-bond donors (Lipinski definition) is 1. The van der Waals surface area contributed by atoms with E-state index in [2.05, 4.69) is 5.32 Å². The molecule has 2 aromatic rings. The molecule has 0 heterocycles. The molecule has 140 valence electrons. The van der Waals surface area contributed by atoms with Crippen LogP contribution < -0.4 is 14.4 Å². The quantitative estimate of drug-likeness (QED) is 0.763. The van der Waals surface area contributed by atoms with Gasteiger partial charge in [0.2, 0.25) is 15.9 Å². The molecule has 0 unspecified atom stereocenters. The maximum atomic E-state index is 13.4. The van der Waals surface area contributed by atoms with Crippen molar-refractivity contribution in [2.24, 2.45) is 0 Å². The largest absolute Gasteiger partial charge is 0.494 e. The smallest absolute Gasteiger partial charge is 0.241 e. The molecule has 1 amide bonds. The minimum atomic E-state index is -3.74. The van der Waals surface area contributed by atoms with Crippen LogP contribution >= 0.6 is 0 Å². The van der Waals surface area contributed by atoms with E-state index >= 15 is 0 Å². The molecule has 0 aliphatic heterocycles. The van der Waals surface area contributed by atoms with Crippen LogP contribution in [0.15, 0.2) is 48.5 Å². The van der Waals surface area contributed by atoms with Gasteiger partial charge in [-0.15, -0.1) is 0 Å². The number of hydrogen-bond acceptors (Lipinski definition) is 4. The second kappa shape index (κ2) is 8.66. The van der Waals surface area contributed by atoms with Gasteiger partial charge in [0, 0.05) is 6.54 Å². The monoisotopic (exact) mass is 380 g/mol. The zero-order valence-corrected chi connectivity index (χ0v) is 15.4. The van der Waals surface area contributed by atoms with E-state index in [0.29, 0.717) is 12.4 Å². The van der Waals surface area contributed by atoms with Gasteiger partial charge in [-0.2, -0.15) is 0 Å². The van der Waals surface area contributed by atoms with Crippen LogP contribution in [0, 0.1) is 5.82 Å². The fourth-order valence-electron chi connectivity index (χ4n) is 2.33. The van der Waals surface area contributed by atoms with E-state index in [1.807, 2.05) is 25.1 Å². The number of halogens is 1. The SMILES string of the molecule is CCOc1cccc(CNC(=O)CN(c2cccc(F)c2)S(C)(=O)=O)c1. The second-order valence-electron chi connectivity index (χ2n) is 5.61. The van der Waals surface area contributed by atoms with Gasteiger partial charge in [-0.05, 0) is 42.8 Å². The summed E-state index contributed by atoms with van der Waals surface area (Å²) in [6.45, 7) is 2.20. The maximum Gasteiger partial charge on any atom is 0.241 e. The molecule has 2 aromatic carbocycles. The van der Waals surface area contributed by atoms with Crippen LogP contribution in [0.3, 0.4) is 0 Å². The number of carbonyl (C=O) groups excluding carboxylic acids is 1. The summed E-state index contributed by atoms with van der Waals surface area (Å²) in [6, 6.07) is 12.3. The van der Waals surface area contributed by atoms with Crippen molar-refractivity contribution >= 4 is 21.6 Å². The van der Waals surface area contributed by atoms with E-state index in [9.17, 15) is 17.6 Å². The number of rotatable bonds is 8. The average Bonchev–Trinajstić information content (AvgIpc) is 2.57. The molecule has 0 spiro atoms. The van der Waals surface area contributed by atoms with Gasteiger partial charge in [0.1, 0.15) is 18.1 Å². The Bertz CT molecular complexity index is 871. The molecule has 0 aliphatic carbocycles. The van der Waals surface area contributed by atoms with Crippen molar-refractivity contribution in [3.8, 4) is 5.75 Å². The first-order chi connectivity index (χ1) is 12.3. The van der Waals surface area contributed by atoms with Crippen LogP contribution in [0.2, 0.25) is 0 Å². The Labute approximate surface area is 152 Å². The highest BCUT2D eigenvalue weighted by Crippen LogP contribution is 2.18. The number of sulfonamides is 1. The topological polar surface area (TPSA) is 75.7 Å². The number of ether oxygens (including phenoxy) is 1. The second-order valence-corrected chi connectivity index (χ2v) is 7.51. The standard InChI is InChI=1S/C18H21FN2O4S/c1-3-25-17-9-4-6-14(10-17)12-20-18(22)13-21(26(2,23)24)16-8-5-7-15(19)11-16/h4-11H,3,12-13H2,1-2H3,(H,20,22). The summed E-state index contributed by atoms with van der Waals surface area (Å²) in [5, 5.41) is 2.66. The van der Waals surface area contributed by atoms with Crippen LogP contribution in [-0.4, -0.2) is 33.7 Å². The van der Waals surface area contributed by atoms with Crippen molar-refractivity contribution in [2.45, 2.75) is 13.5 Å². The molecular formula is C18H21FN2O4S. The summed E-state index contributed by atoms with van der Waals surface area (Å²) < 4.78 is 43.6. The number of nitrogens with zero attached hydrogens (tertiary/aromatic N) is 1. The van der Waals surface area contributed by atoms with Crippen LogP contribution in [0.4, 0.5) is 10.1 Å². The highest BCUT2D eigenvalue weighted by Gasteiger charge is 2.21. The molecular weight excluding hydrogens is 359 g/mol. The Morgan fingerprint density at radius 1 is 1.19 bits per heavy atom. The van der Waals surface area contributed by atoms with E-state index in [1.165, 1.54) is 18.2 Å². The predicted molar refractivity (Wildman–Crippen MR) is 98.0 cm³/mol. The molecule has 0 saturated carbocycles. The van der Waals surface area contributed by atoms with E-state index in [0.717, 1.165) is 22.2 Å². The van der Waals surface area contributed by atoms with Crippen LogP contribution in [-0.2, 0) is 21.4 Å². The lowest BCUT2D eigenvalue weighted by Gasteiger charge is -2.22. The van der Waals surface area contributed by atoms with Crippen LogP contribution in [0.5, 0.6) is 5.75 Å².